The van der Waals surface area contributed by atoms with Crippen molar-refractivity contribution >= 4 is 23.1 Å². The lowest BCUT2D eigenvalue weighted by atomic mass is 10.2. The van der Waals surface area contributed by atoms with E-state index in [0.717, 1.165) is 11.1 Å². The Morgan fingerprint density at radius 1 is 1.21 bits per heavy atom. The fourth-order valence-electron chi connectivity index (χ4n) is 1.76. The Kier molecular flexibility index (Phi) is 4.00. The third-order valence-electron chi connectivity index (χ3n) is 2.75. The van der Waals surface area contributed by atoms with Gasteiger partial charge in [-0.05, 0) is 37.6 Å². The molecule has 1 N–H and O–H groups in total. The van der Waals surface area contributed by atoms with Gasteiger partial charge < -0.3 is 5.32 Å². The lowest BCUT2D eigenvalue weighted by Crippen LogP contribution is -2.03. The van der Waals surface area contributed by atoms with Gasteiger partial charge in [0.15, 0.2) is 0 Å². The quantitative estimate of drug-likeness (QED) is 0.856. The fraction of sp³-hybridized carbons (Fsp3) is 0.286. The first-order valence-electron chi connectivity index (χ1n) is 6.07. The van der Waals surface area contributed by atoms with Gasteiger partial charge in [0, 0.05) is 17.7 Å². The van der Waals surface area contributed by atoms with E-state index < -0.39 is 0 Å². The SMILES string of the molecule is CCc1nc(Cl)c(C)c(Nc2cc(C)cc(F)c2)n1. The third-order valence-corrected chi connectivity index (χ3v) is 3.12. The molecule has 1 aromatic carbocycles. The summed E-state index contributed by atoms with van der Waals surface area (Å²) in [5.74, 6) is 0.990. The van der Waals surface area contributed by atoms with Gasteiger partial charge in [0.1, 0.15) is 22.6 Å². The lowest BCUT2D eigenvalue weighted by molar-refractivity contribution is 0.627. The zero-order valence-electron chi connectivity index (χ0n) is 11.1. The standard InChI is InChI=1S/C14H15ClFN3/c1-4-12-18-13(15)9(3)14(19-12)17-11-6-8(2)5-10(16)7-11/h5-7H,4H2,1-3H3,(H,17,18,19). The van der Waals surface area contributed by atoms with Gasteiger partial charge >= 0.3 is 0 Å². The molecule has 1 heterocycles. The van der Waals surface area contributed by atoms with Gasteiger partial charge in [-0.2, -0.15) is 0 Å². The van der Waals surface area contributed by atoms with E-state index >= 15 is 0 Å². The van der Waals surface area contributed by atoms with Crippen LogP contribution in [0.2, 0.25) is 5.15 Å². The van der Waals surface area contributed by atoms with Gasteiger partial charge in [-0.15, -0.1) is 0 Å². The predicted molar refractivity (Wildman–Crippen MR) is 75.6 cm³/mol. The fourth-order valence-corrected chi connectivity index (χ4v) is 1.94. The van der Waals surface area contributed by atoms with E-state index in [2.05, 4.69) is 15.3 Å². The Balaban J connectivity index is 2.39. The van der Waals surface area contributed by atoms with Crippen LogP contribution >= 0.6 is 11.6 Å². The Hall–Kier alpha value is -1.68. The minimum Gasteiger partial charge on any atom is -0.340 e. The number of anilines is 2. The van der Waals surface area contributed by atoms with Crippen LogP contribution in [0.15, 0.2) is 18.2 Å². The summed E-state index contributed by atoms with van der Waals surface area (Å²) in [6.45, 7) is 5.62. The Morgan fingerprint density at radius 3 is 2.58 bits per heavy atom. The van der Waals surface area contributed by atoms with Crippen molar-refractivity contribution in [2.45, 2.75) is 27.2 Å². The third kappa shape index (κ3) is 3.20. The van der Waals surface area contributed by atoms with Gasteiger partial charge in [-0.1, -0.05) is 18.5 Å². The van der Waals surface area contributed by atoms with Crippen molar-refractivity contribution in [3.05, 3.63) is 46.1 Å². The predicted octanol–water partition coefficient (Wildman–Crippen LogP) is 4.19. The van der Waals surface area contributed by atoms with Crippen molar-refractivity contribution in [2.24, 2.45) is 0 Å². The van der Waals surface area contributed by atoms with E-state index in [1.165, 1.54) is 12.1 Å². The van der Waals surface area contributed by atoms with Crippen molar-refractivity contribution in [1.82, 2.24) is 9.97 Å². The summed E-state index contributed by atoms with van der Waals surface area (Å²) in [7, 11) is 0. The van der Waals surface area contributed by atoms with Crippen LogP contribution in [0.4, 0.5) is 15.9 Å². The van der Waals surface area contributed by atoms with Crippen LogP contribution in [-0.4, -0.2) is 9.97 Å². The molecule has 100 valence electrons. The highest BCUT2D eigenvalue weighted by atomic mass is 35.5. The molecule has 0 bridgehead atoms. The van der Waals surface area contributed by atoms with Crippen molar-refractivity contribution in [3.63, 3.8) is 0 Å². The van der Waals surface area contributed by atoms with Crippen LogP contribution in [-0.2, 0) is 6.42 Å². The number of hydrogen-bond donors (Lipinski definition) is 1. The lowest BCUT2D eigenvalue weighted by Gasteiger charge is -2.11. The molecule has 0 saturated carbocycles. The molecule has 0 radical (unpaired) electrons. The molecule has 0 aliphatic heterocycles. The summed E-state index contributed by atoms with van der Waals surface area (Å²) in [5, 5.41) is 3.51. The van der Waals surface area contributed by atoms with Gasteiger partial charge in [0.2, 0.25) is 0 Å². The van der Waals surface area contributed by atoms with Crippen LogP contribution in [0, 0.1) is 19.7 Å². The maximum atomic E-state index is 13.4. The van der Waals surface area contributed by atoms with Crippen molar-refractivity contribution < 1.29 is 4.39 Å². The van der Waals surface area contributed by atoms with Crippen LogP contribution in [0.1, 0.15) is 23.9 Å². The van der Waals surface area contributed by atoms with Gasteiger partial charge in [0.05, 0.1) is 0 Å². The average Bonchev–Trinajstić information content (AvgIpc) is 2.33. The molecule has 0 atom stereocenters. The molecule has 5 heteroatoms. The highest BCUT2D eigenvalue weighted by molar-refractivity contribution is 6.30. The van der Waals surface area contributed by atoms with Crippen molar-refractivity contribution in [3.8, 4) is 0 Å². The number of nitrogens with one attached hydrogen (secondary N) is 1. The average molecular weight is 280 g/mol. The first-order valence-corrected chi connectivity index (χ1v) is 6.44. The van der Waals surface area contributed by atoms with Crippen molar-refractivity contribution in [2.75, 3.05) is 5.32 Å². The molecule has 0 fully saturated rings. The molecule has 2 aromatic rings. The molecule has 19 heavy (non-hydrogen) atoms. The molecule has 0 unspecified atom stereocenters. The zero-order chi connectivity index (χ0) is 14.0. The molecule has 0 amide bonds. The summed E-state index contributed by atoms with van der Waals surface area (Å²) < 4.78 is 13.4. The summed E-state index contributed by atoms with van der Waals surface area (Å²) in [5.41, 5.74) is 2.24. The largest absolute Gasteiger partial charge is 0.340 e. The van der Waals surface area contributed by atoms with E-state index in [1.54, 1.807) is 0 Å². The topological polar surface area (TPSA) is 37.8 Å². The zero-order valence-corrected chi connectivity index (χ0v) is 11.8. The highest BCUT2D eigenvalue weighted by Crippen LogP contribution is 2.24. The van der Waals surface area contributed by atoms with E-state index in [1.807, 2.05) is 26.8 Å². The Bertz CT molecular complexity index is 594. The van der Waals surface area contributed by atoms with E-state index in [-0.39, 0.29) is 5.82 Å². The Labute approximate surface area is 116 Å². The number of hydrogen-bond acceptors (Lipinski definition) is 3. The number of aromatic nitrogens is 2. The second kappa shape index (κ2) is 5.53. The second-order valence-corrected chi connectivity index (χ2v) is 4.76. The molecule has 0 spiro atoms. The molecular formula is C14H15ClFN3. The van der Waals surface area contributed by atoms with Crippen LogP contribution in [0.5, 0.6) is 0 Å². The number of nitrogens with zero attached hydrogens (tertiary/aromatic N) is 2. The summed E-state index contributed by atoms with van der Waals surface area (Å²) in [4.78, 5) is 8.55. The highest BCUT2D eigenvalue weighted by Gasteiger charge is 2.09. The van der Waals surface area contributed by atoms with Gasteiger partial charge in [-0.25, -0.2) is 14.4 Å². The number of rotatable bonds is 3. The maximum absolute atomic E-state index is 13.4. The molecule has 3 nitrogen and oxygen atoms in total. The van der Waals surface area contributed by atoms with Gasteiger partial charge in [-0.3, -0.25) is 0 Å². The smallest absolute Gasteiger partial charge is 0.138 e. The normalized spacial score (nSPS) is 10.6. The molecule has 1 aromatic heterocycles. The first-order chi connectivity index (χ1) is 8.99. The summed E-state index contributed by atoms with van der Waals surface area (Å²) in [6, 6.07) is 4.75. The van der Waals surface area contributed by atoms with E-state index in [4.69, 9.17) is 11.6 Å². The minimum absolute atomic E-state index is 0.281. The minimum atomic E-state index is -0.281. The first kappa shape index (κ1) is 13.7. The monoisotopic (exact) mass is 279 g/mol. The van der Waals surface area contributed by atoms with E-state index in [0.29, 0.717) is 28.9 Å². The number of halogens is 2. The Morgan fingerprint density at radius 2 is 1.95 bits per heavy atom. The van der Waals surface area contributed by atoms with Crippen LogP contribution in [0.25, 0.3) is 0 Å². The molecular weight excluding hydrogens is 265 g/mol. The van der Waals surface area contributed by atoms with E-state index in [9.17, 15) is 4.39 Å². The number of aryl methyl sites for hydroxylation is 2. The molecule has 0 aliphatic rings. The molecule has 0 aliphatic carbocycles. The van der Waals surface area contributed by atoms with Crippen LogP contribution in [0.3, 0.4) is 0 Å². The van der Waals surface area contributed by atoms with Crippen LogP contribution < -0.4 is 5.32 Å². The summed E-state index contributed by atoms with van der Waals surface area (Å²) >= 11 is 6.06. The van der Waals surface area contributed by atoms with Gasteiger partial charge in [0.25, 0.3) is 0 Å². The molecule has 2 rings (SSSR count). The summed E-state index contributed by atoms with van der Waals surface area (Å²) in [6.07, 6.45) is 0.691. The number of benzene rings is 1. The maximum Gasteiger partial charge on any atom is 0.138 e. The molecule has 0 saturated heterocycles. The second-order valence-electron chi connectivity index (χ2n) is 4.40. The van der Waals surface area contributed by atoms with Crippen molar-refractivity contribution in [1.29, 1.82) is 0 Å².